The van der Waals surface area contributed by atoms with Gasteiger partial charge in [-0.1, -0.05) is 20.8 Å². The molecule has 0 spiro atoms. The highest BCUT2D eigenvalue weighted by atomic mass is 16.4. The summed E-state index contributed by atoms with van der Waals surface area (Å²) in [7, 11) is 0. The molecule has 0 saturated heterocycles. The summed E-state index contributed by atoms with van der Waals surface area (Å²) in [6.07, 6.45) is 0.636. The molecule has 0 bridgehead atoms. The molecule has 0 heterocycles. The summed E-state index contributed by atoms with van der Waals surface area (Å²) in [6, 6.07) is 0. The molecule has 1 amide bonds. The van der Waals surface area contributed by atoms with E-state index >= 15 is 0 Å². The first-order valence-corrected chi connectivity index (χ1v) is 5.93. The van der Waals surface area contributed by atoms with Gasteiger partial charge in [0.05, 0.1) is 11.8 Å². The second-order valence-electron chi connectivity index (χ2n) is 5.48. The zero-order valence-corrected chi connectivity index (χ0v) is 10.6. The van der Waals surface area contributed by atoms with Crippen molar-refractivity contribution in [2.45, 2.75) is 27.2 Å². The molecule has 5 heteroatoms. The number of carboxylic acid groups (broad SMARTS) is 1. The van der Waals surface area contributed by atoms with Crippen LogP contribution in [0.15, 0.2) is 0 Å². The fourth-order valence-corrected chi connectivity index (χ4v) is 2.30. The maximum atomic E-state index is 11.8. The number of carboxylic acids is 1. The van der Waals surface area contributed by atoms with Gasteiger partial charge in [0.15, 0.2) is 0 Å². The molecule has 0 radical (unpaired) electrons. The molecule has 0 aromatic carbocycles. The van der Waals surface area contributed by atoms with Crippen LogP contribution >= 0.6 is 0 Å². The first kappa shape index (κ1) is 14.0. The molecule has 17 heavy (non-hydrogen) atoms. The van der Waals surface area contributed by atoms with Crippen LogP contribution < -0.4 is 5.32 Å². The molecule has 1 rings (SSSR count). The number of hydrogen-bond acceptors (Lipinski definition) is 3. The van der Waals surface area contributed by atoms with Crippen LogP contribution in [-0.2, 0) is 9.59 Å². The van der Waals surface area contributed by atoms with Crippen LogP contribution in [-0.4, -0.2) is 35.2 Å². The van der Waals surface area contributed by atoms with Gasteiger partial charge in [-0.3, -0.25) is 9.59 Å². The van der Waals surface area contributed by atoms with Crippen LogP contribution in [0, 0.1) is 23.2 Å². The summed E-state index contributed by atoms with van der Waals surface area (Å²) in [5.74, 6) is -1.89. The van der Waals surface area contributed by atoms with E-state index in [2.05, 4.69) is 5.32 Å². The molecule has 3 unspecified atom stereocenters. The second-order valence-corrected chi connectivity index (χ2v) is 5.48. The Kier molecular flexibility index (Phi) is 4.14. The van der Waals surface area contributed by atoms with Gasteiger partial charge in [0.2, 0.25) is 5.91 Å². The third kappa shape index (κ3) is 2.97. The highest BCUT2D eigenvalue weighted by molar-refractivity contribution is 5.91. The predicted octanol–water partition coefficient (Wildman–Crippen LogP) is 0.478. The van der Waals surface area contributed by atoms with Gasteiger partial charge in [0.25, 0.3) is 0 Å². The highest BCUT2D eigenvalue weighted by Crippen LogP contribution is 2.58. The molecule has 0 aromatic rings. The highest BCUT2D eigenvalue weighted by Gasteiger charge is 2.65. The summed E-state index contributed by atoms with van der Waals surface area (Å²) in [5, 5.41) is 20.4. The lowest BCUT2D eigenvalue weighted by Crippen LogP contribution is -2.31. The van der Waals surface area contributed by atoms with E-state index < -0.39 is 23.2 Å². The van der Waals surface area contributed by atoms with Crippen molar-refractivity contribution in [2.24, 2.45) is 23.2 Å². The van der Waals surface area contributed by atoms with E-state index in [0.29, 0.717) is 13.0 Å². The average Bonchev–Trinajstić information content (AvgIpc) is 2.79. The molecular formula is C12H21NO4. The summed E-state index contributed by atoms with van der Waals surface area (Å²) in [4.78, 5) is 22.7. The van der Waals surface area contributed by atoms with Gasteiger partial charge in [0.1, 0.15) is 0 Å². The fraction of sp³-hybridized carbons (Fsp3) is 0.833. The third-order valence-electron chi connectivity index (χ3n) is 3.62. The number of rotatable bonds is 6. The Morgan fingerprint density at radius 3 is 2.35 bits per heavy atom. The number of hydrogen-bond donors (Lipinski definition) is 3. The minimum absolute atomic E-state index is 0.101. The molecule has 1 saturated carbocycles. The van der Waals surface area contributed by atoms with E-state index in [9.17, 15) is 9.59 Å². The SMILES string of the molecule is CC(CCO)CNC(=O)C1C(C(=O)O)C1(C)C. The van der Waals surface area contributed by atoms with E-state index in [-0.39, 0.29) is 18.4 Å². The molecule has 1 aliphatic carbocycles. The van der Waals surface area contributed by atoms with E-state index in [4.69, 9.17) is 10.2 Å². The van der Waals surface area contributed by atoms with E-state index in [1.807, 2.05) is 6.92 Å². The van der Waals surface area contributed by atoms with Crippen molar-refractivity contribution in [3.05, 3.63) is 0 Å². The van der Waals surface area contributed by atoms with E-state index in [0.717, 1.165) is 0 Å². The number of nitrogens with one attached hydrogen (secondary N) is 1. The molecule has 1 fully saturated rings. The lowest BCUT2D eigenvalue weighted by molar-refractivity contribution is -0.140. The van der Waals surface area contributed by atoms with Crippen LogP contribution in [0.3, 0.4) is 0 Å². The van der Waals surface area contributed by atoms with Crippen molar-refractivity contribution in [3.63, 3.8) is 0 Å². The zero-order valence-electron chi connectivity index (χ0n) is 10.6. The van der Waals surface area contributed by atoms with E-state index in [1.165, 1.54) is 0 Å². The molecule has 5 nitrogen and oxygen atoms in total. The van der Waals surface area contributed by atoms with Gasteiger partial charge in [-0.15, -0.1) is 0 Å². The number of carbonyl (C=O) groups excluding carboxylic acids is 1. The van der Waals surface area contributed by atoms with Gasteiger partial charge >= 0.3 is 5.97 Å². The Hall–Kier alpha value is -1.10. The largest absolute Gasteiger partial charge is 0.481 e. The average molecular weight is 243 g/mol. The smallest absolute Gasteiger partial charge is 0.307 e. The maximum absolute atomic E-state index is 11.8. The normalized spacial score (nSPS) is 27.3. The maximum Gasteiger partial charge on any atom is 0.307 e. The molecular weight excluding hydrogens is 222 g/mol. The quantitative estimate of drug-likeness (QED) is 0.633. The Morgan fingerprint density at radius 1 is 1.35 bits per heavy atom. The lowest BCUT2D eigenvalue weighted by atomic mass is 10.1. The first-order valence-electron chi connectivity index (χ1n) is 5.93. The Bertz CT molecular complexity index is 314. The predicted molar refractivity (Wildman–Crippen MR) is 62.3 cm³/mol. The van der Waals surface area contributed by atoms with Gasteiger partial charge in [-0.2, -0.15) is 0 Å². The number of aliphatic carboxylic acids is 1. The standard InChI is InChI=1S/C12H21NO4/c1-7(4-5-14)6-13-10(15)8-9(11(16)17)12(8,2)3/h7-9,14H,4-6H2,1-3H3,(H,13,15)(H,16,17). The molecule has 0 aromatic heterocycles. The van der Waals surface area contributed by atoms with Crippen molar-refractivity contribution in [1.82, 2.24) is 5.32 Å². The van der Waals surface area contributed by atoms with Crippen LogP contribution in [0.4, 0.5) is 0 Å². The monoisotopic (exact) mass is 243 g/mol. The summed E-state index contributed by atoms with van der Waals surface area (Å²) >= 11 is 0. The molecule has 1 aliphatic rings. The number of amides is 1. The Morgan fingerprint density at radius 2 is 1.94 bits per heavy atom. The molecule has 3 N–H and O–H groups in total. The van der Waals surface area contributed by atoms with E-state index in [1.54, 1.807) is 13.8 Å². The number of aliphatic hydroxyl groups excluding tert-OH is 1. The van der Waals surface area contributed by atoms with Gasteiger partial charge < -0.3 is 15.5 Å². The van der Waals surface area contributed by atoms with Crippen molar-refractivity contribution in [1.29, 1.82) is 0 Å². The fourth-order valence-electron chi connectivity index (χ4n) is 2.30. The zero-order chi connectivity index (χ0) is 13.2. The third-order valence-corrected chi connectivity index (χ3v) is 3.62. The second kappa shape index (κ2) is 5.04. The van der Waals surface area contributed by atoms with Crippen LogP contribution in [0.1, 0.15) is 27.2 Å². The summed E-state index contributed by atoms with van der Waals surface area (Å²) in [6.45, 7) is 6.12. The topological polar surface area (TPSA) is 86.6 Å². The first-order chi connectivity index (χ1) is 7.82. The minimum atomic E-state index is -0.904. The Balaban J connectivity index is 2.43. The molecule has 0 aliphatic heterocycles. The van der Waals surface area contributed by atoms with Gasteiger partial charge in [0, 0.05) is 13.2 Å². The molecule has 3 atom stereocenters. The summed E-state index contributed by atoms with van der Waals surface area (Å²) in [5.41, 5.74) is -0.448. The van der Waals surface area contributed by atoms with Gasteiger partial charge in [-0.05, 0) is 17.8 Å². The van der Waals surface area contributed by atoms with Crippen molar-refractivity contribution in [2.75, 3.05) is 13.2 Å². The van der Waals surface area contributed by atoms with Crippen LogP contribution in [0.25, 0.3) is 0 Å². The number of carbonyl (C=O) groups is 2. The van der Waals surface area contributed by atoms with Crippen LogP contribution in [0.5, 0.6) is 0 Å². The van der Waals surface area contributed by atoms with Crippen molar-refractivity contribution >= 4 is 11.9 Å². The summed E-state index contributed by atoms with van der Waals surface area (Å²) < 4.78 is 0. The lowest BCUT2D eigenvalue weighted by Gasteiger charge is -2.11. The minimum Gasteiger partial charge on any atom is -0.481 e. The number of aliphatic hydroxyl groups is 1. The van der Waals surface area contributed by atoms with Crippen LogP contribution in [0.2, 0.25) is 0 Å². The Labute approximate surface area is 101 Å². The van der Waals surface area contributed by atoms with Crippen molar-refractivity contribution in [3.8, 4) is 0 Å². The van der Waals surface area contributed by atoms with Crippen molar-refractivity contribution < 1.29 is 19.8 Å². The van der Waals surface area contributed by atoms with Gasteiger partial charge in [-0.25, -0.2) is 0 Å². The molecule has 98 valence electrons.